The van der Waals surface area contributed by atoms with E-state index >= 15 is 0 Å². The van der Waals surface area contributed by atoms with E-state index in [0.717, 1.165) is 12.1 Å². The lowest BCUT2D eigenvalue weighted by molar-refractivity contribution is -0.132. The smallest absolute Gasteiger partial charge is 0.351 e. The van der Waals surface area contributed by atoms with Crippen LogP contribution in [0.25, 0.3) is 0 Å². The van der Waals surface area contributed by atoms with Crippen molar-refractivity contribution in [3.05, 3.63) is 47.4 Å². The van der Waals surface area contributed by atoms with Gasteiger partial charge in [0.25, 0.3) is 5.95 Å². The first-order valence-electron chi connectivity index (χ1n) is 7.85. The van der Waals surface area contributed by atoms with Gasteiger partial charge in [0.05, 0.1) is 32.2 Å². The zero-order valence-corrected chi connectivity index (χ0v) is 15.3. The van der Waals surface area contributed by atoms with E-state index in [1.165, 1.54) is 26.6 Å². The second kappa shape index (κ2) is 9.30. The van der Waals surface area contributed by atoms with Gasteiger partial charge in [-0.05, 0) is 0 Å². The molecule has 154 valence electrons. The van der Waals surface area contributed by atoms with Crippen LogP contribution in [0.2, 0.25) is 0 Å². The molecule has 0 spiro atoms. The molecule has 0 aliphatic carbocycles. The first-order chi connectivity index (χ1) is 13.8. The third-order valence-electron chi connectivity index (χ3n) is 3.44. The normalized spacial score (nSPS) is 11.9. The maximum Gasteiger partial charge on any atom is 0.351 e. The van der Waals surface area contributed by atoms with Gasteiger partial charge in [-0.25, -0.2) is 23.5 Å². The van der Waals surface area contributed by atoms with Crippen LogP contribution in [0.3, 0.4) is 0 Å². The number of benzene rings is 1. The number of nitrogens with two attached hydrogens (primary N) is 2. The minimum absolute atomic E-state index is 0.0868. The van der Waals surface area contributed by atoms with Crippen LogP contribution in [-0.4, -0.2) is 41.1 Å². The van der Waals surface area contributed by atoms with Crippen LogP contribution in [0.4, 0.5) is 14.7 Å². The number of rotatable bonds is 8. The maximum absolute atomic E-state index is 14.3. The fourth-order valence-electron chi connectivity index (χ4n) is 2.03. The summed E-state index contributed by atoms with van der Waals surface area (Å²) >= 11 is 0. The lowest BCUT2D eigenvalue weighted by Gasteiger charge is -2.13. The van der Waals surface area contributed by atoms with Crippen LogP contribution in [0, 0.1) is 11.6 Å². The summed E-state index contributed by atoms with van der Waals surface area (Å²) in [6, 6.07) is 1.08. The third kappa shape index (κ3) is 5.28. The zero-order valence-electron chi connectivity index (χ0n) is 15.3. The Morgan fingerprint density at radius 2 is 1.72 bits per heavy atom. The summed E-state index contributed by atoms with van der Waals surface area (Å²) in [5.41, 5.74) is 9.82. The summed E-state index contributed by atoms with van der Waals surface area (Å²) < 4.78 is 43.6. The first-order valence-corrected chi connectivity index (χ1v) is 7.85. The van der Waals surface area contributed by atoms with Crippen molar-refractivity contribution in [2.24, 2.45) is 16.5 Å². The third-order valence-corrected chi connectivity index (χ3v) is 3.44. The zero-order chi connectivity index (χ0) is 21.6. The number of carbonyl (C=O) groups is 1. The number of amidine groups is 1. The number of aliphatic imine (C=N–C) groups is 1. The second-order valence-electron chi connectivity index (χ2n) is 5.34. The molecule has 1 aromatic heterocycles. The van der Waals surface area contributed by atoms with E-state index in [1.54, 1.807) is 0 Å². The van der Waals surface area contributed by atoms with Gasteiger partial charge < -0.3 is 30.8 Å². The van der Waals surface area contributed by atoms with E-state index in [0.29, 0.717) is 0 Å². The lowest BCUT2D eigenvalue weighted by atomic mass is 10.1. The number of nitrogens with zero attached hydrogens (tertiary/aromatic N) is 3. The highest BCUT2D eigenvalue weighted by Gasteiger charge is 2.20. The van der Waals surface area contributed by atoms with Gasteiger partial charge in [0.1, 0.15) is 18.1 Å². The largest absolute Gasteiger partial charge is 0.494 e. The van der Waals surface area contributed by atoms with E-state index in [2.05, 4.69) is 15.0 Å². The fraction of sp³-hybridized carbons (Fsp3) is 0.176. The van der Waals surface area contributed by atoms with Crippen molar-refractivity contribution < 1.29 is 32.9 Å². The SMILES string of the molecule is COc1cc(OC)c(F)c(COc2cnc(/N=C(N)\C=C(/N)C(=O)O)nc2)c1F. The molecule has 29 heavy (non-hydrogen) atoms. The quantitative estimate of drug-likeness (QED) is 0.332. The lowest BCUT2D eigenvalue weighted by Crippen LogP contribution is -2.16. The molecule has 0 fully saturated rings. The molecule has 0 aliphatic heterocycles. The Balaban J connectivity index is 2.16. The van der Waals surface area contributed by atoms with Crippen molar-refractivity contribution in [1.29, 1.82) is 0 Å². The molecule has 1 heterocycles. The topological polar surface area (TPSA) is 155 Å². The van der Waals surface area contributed by atoms with Gasteiger partial charge in [-0.15, -0.1) is 0 Å². The molecule has 0 radical (unpaired) electrons. The molecule has 1 aromatic carbocycles. The second-order valence-corrected chi connectivity index (χ2v) is 5.34. The van der Waals surface area contributed by atoms with Crippen molar-refractivity contribution >= 4 is 17.8 Å². The van der Waals surface area contributed by atoms with Crippen LogP contribution >= 0.6 is 0 Å². The van der Waals surface area contributed by atoms with Crippen LogP contribution in [0.5, 0.6) is 17.2 Å². The molecular formula is C17H17F2N5O5. The summed E-state index contributed by atoms with van der Waals surface area (Å²) in [4.78, 5) is 22.1. The molecule has 2 aromatic rings. The van der Waals surface area contributed by atoms with E-state index < -0.39 is 35.5 Å². The molecule has 0 unspecified atom stereocenters. The maximum atomic E-state index is 14.3. The van der Waals surface area contributed by atoms with Gasteiger partial charge in [0.2, 0.25) is 0 Å². The summed E-state index contributed by atoms with van der Waals surface area (Å²) in [6.45, 7) is -0.489. The number of carboxylic acids is 1. The van der Waals surface area contributed by atoms with Crippen molar-refractivity contribution in [2.45, 2.75) is 6.61 Å². The number of halogens is 2. The minimum atomic E-state index is -1.36. The van der Waals surface area contributed by atoms with Gasteiger partial charge in [-0.2, -0.15) is 4.99 Å². The average Bonchev–Trinajstić information content (AvgIpc) is 2.69. The Morgan fingerprint density at radius 1 is 1.17 bits per heavy atom. The monoisotopic (exact) mass is 409 g/mol. The predicted octanol–water partition coefficient (Wildman–Crippen LogP) is 1.27. The Labute approximate surface area is 163 Å². The first kappa shape index (κ1) is 21.3. The minimum Gasteiger partial charge on any atom is -0.494 e. The molecule has 0 saturated heterocycles. The summed E-state index contributed by atoms with van der Waals surface area (Å²) in [5, 5.41) is 8.67. The number of methoxy groups -OCH3 is 2. The molecule has 0 bridgehead atoms. The fourth-order valence-corrected chi connectivity index (χ4v) is 2.03. The molecule has 0 saturated carbocycles. The van der Waals surface area contributed by atoms with E-state index in [4.69, 9.17) is 30.8 Å². The highest BCUT2D eigenvalue weighted by molar-refractivity contribution is 5.99. The van der Waals surface area contributed by atoms with Gasteiger partial charge >= 0.3 is 5.97 Å². The molecule has 10 nitrogen and oxygen atoms in total. The number of carboxylic acid groups (broad SMARTS) is 1. The van der Waals surface area contributed by atoms with E-state index in [-0.39, 0.29) is 29.0 Å². The van der Waals surface area contributed by atoms with Gasteiger partial charge in [0, 0.05) is 12.1 Å². The number of hydrogen-bond acceptors (Lipinski definition) is 8. The number of hydrogen-bond donors (Lipinski definition) is 3. The number of aromatic nitrogens is 2. The van der Waals surface area contributed by atoms with E-state index in [1.807, 2.05) is 0 Å². The van der Waals surface area contributed by atoms with Crippen LogP contribution in [0.15, 0.2) is 35.2 Å². The molecule has 0 amide bonds. The standard InChI is InChI=1S/C17H17F2N5O5/c1-27-11-4-12(28-2)15(19)9(14(11)18)7-29-8-5-22-17(23-6-8)24-13(21)3-10(20)16(25)26/h3-6H,7,20H2,1-2H3,(H,25,26)(H2,21,22,23,24)/b10-3-. The molecule has 5 N–H and O–H groups in total. The highest BCUT2D eigenvalue weighted by atomic mass is 19.1. The molecule has 2 rings (SSSR count). The van der Waals surface area contributed by atoms with Crippen LogP contribution in [0.1, 0.15) is 5.56 Å². The van der Waals surface area contributed by atoms with Gasteiger partial charge in [-0.1, -0.05) is 0 Å². The average molecular weight is 409 g/mol. The Bertz CT molecular complexity index is 935. The van der Waals surface area contributed by atoms with Crippen molar-refractivity contribution in [3.8, 4) is 17.2 Å². The van der Waals surface area contributed by atoms with Crippen LogP contribution < -0.4 is 25.7 Å². The van der Waals surface area contributed by atoms with Crippen molar-refractivity contribution in [3.63, 3.8) is 0 Å². The predicted molar refractivity (Wildman–Crippen MR) is 97.0 cm³/mol. The molecule has 12 heteroatoms. The highest BCUT2D eigenvalue weighted by Crippen LogP contribution is 2.31. The Hall–Kier alpha value is -3.96. The summed E-state index contributed by atoms with van der Waals surface area (Å²) in [5.74, 6) is -3.87. The molecule has 0 atom stereocenters. The van der Waals surface area contributed by atoms with Gasteiger partial charge in [0.15, 0.2) is 28.9 Å². The van der Waals surface area contributed by atoms with E-state index in [9.17, 15) is 13.6 Å². The van der Waals surface area contributed by atoms with Gasteiger partial charge in [-0.3, -0.25) is 0 Å². The summed E-state index contributed by atoms with van der Waals surface area (Å²) in [6.07, 6.45) is 3.31. The molecular weight excluding hydrogens is 392 g/mol. The number of ether oxygens (including phenoxy) is 3. The number of aliphatic carboxylic acids is 1. The molecule has 0 aliphatic rings. The Morgan fingerprint density at radius 3 is 2.21 bits per heavy atom. The van der Waals surface area contributed by atoms with Crippen molar-refractivity contribution in [2.75, 3.05) is 14.2 Å². The Kier molecular flexibility index (Phi) is 6.85. The van der Waals surface area contributed by atoms with Crippen LogP contribution in [-0.2, 0) is 11.4 Å². The summed E-state index contributed by atoms with van der Waals surface area (Å²) in [7, 11) is 2.47. The van der Waals surface area contributed by atoms with Crippen molar-refractivity contribution in [1.82, 2.24) is 9.97 Å².